The van der Waals surface area contributed by atoms with Gasteiger partial charge in [-0.15, -0.1) is 0 Å². The second kappa shape index (κ2) is 5.80. The van der Waals surface area contributed by atoms with Crippen molar-refractivity contribution in [3.8, 4) is 11.6 Å². The van der Waals surface area contributed by atoms with Gasteiger partial charge in [0.25, 0.3) is 0 Å². The van der Waals surface area contributed by atoms with Crippen molar-refractivity contribution in [3.05, 3.63) is 53.5 Å². The van der Waals surface area contributed by atoms with Gasteiger partial charge in [-0.2, -0.15) is 0 Å². The van der Waals surface area contributed by atoms with E-state index >= 15 is 0 Å². The minimum atomic E-state index is -0.268. The highest BCUT2D eigenvalue weighted by atomic mass is 19.1. The predicted octanol–water partition coefficient (Wildman–Crippen LogP) is 3.60. The monoisotopic (exact) mass is 260 g/mol. The van der Waals surface area contributed by atoms with Gasteiger partial charge in [0.1, 0.15) is 11.6 Å². The summed E-state index contributed by atoms with van der Waals surface area (Å²) in [6.07, 6.45) is 1.71. The number of rotatable bonds is 4. The van der Waals surface area contributed by atoms with E-state index in [0.29, 0.717) is 11.6 Å². The number of aryl methyl sites for hydroxylation is 1. The molecule has 0 fully saturated rings. The molecule has 0 aliphatic heterocycles. The van der Waals surface area contributed by atoms with E-state index in [2.05, 4.69) is 17.2 Å². The van der Waals surface area contributed by atoms with Gasteiger partial charge in [-0.1, -0.05) is 0 Å². The van der Waals surface area contributed by atoms with Crippen LogP contribution in [0, 0.1) is 12.7 Å². The smallest absolute Gasteiger partial charge is 0.219 e. The van der Waals surface area contributed by atoms with E-state index in [1.807, 2.05) is 19.2 Å². The second-order valence-electron chi connectivity index (χ2n) is 4.45. The fourth-order valence-electron chi connectivity index (χ4n) is 1.76. The zero-order valence-electron chi connectivity index (χ0n) is 11.3. The number of hydrogen-bond donors (Lipinski definition) is 1. The molecule has 0 radical (unpaired) electrons. The third-order valence-corrected chi connectivity index (χ3v) is 3.04. The first-order chi connectivity index (χ1) is 9.10. The van der Waals surface area contributed by atoms with Crippen molar-refractivity contribution in [1.29, 1.82) is 0 Å². The number of nitrogens with zero attached hydrogens (tertiary/aromatic N) is 1. The zero-order chi connectivity index (χ0) is 13.8. The van der Waals surface area contributed by atoms with Crippen molar-refractivity contribution >= 4 is 0 Å². The fourth-order valence-corrected chi connectivity index (χ4v) is 1.76. The van der Waals surface area contributed by atoms with Gasteiger partial charge >= 0.3 is 0 Å². The molecule has 1 atom stereocenters. The van der Waals surface area contributed by atoms with Crippen molar-refractivity contribution in [2.75, 3.05) is 7.05 Å². The highest BCUT2D eigenvalue weighted by molar-refractivity contribution is 5.36. The first kappa shape index (κ1) is 13.5. The number of benzene rings is 1. The lowest BCUT2D eigenvalue weighted by Gasteiger charge is -2.12. The van der Waals surface area contributed by atoms with Crippen molar-refractivity contribution in [2.24, 2.45) is 0 Å². The standard InChI is InChI=1S/C15H17FN2O/c1-10-8-13(16)4-5-14(10)19-15-9-12(6-7-18-15)11(2)17-3/h4-9,11,17H,1-3H3. The Hall–Kier alpha value is -1.94. The molecule has 4 heteroatoms. The molecule has 3 nitrogen and oxygen atoms in total. The number of hydrogen-bond acceptors (Lipinski definition) is 3. The molecule has 1 N–H and O–H groups in total. The molecule has 0 saturated heterocycles. The summed E-state index contributed by atoms with van der Waals surface area (Å²) in [6, 6.07) is 8.47. The van der Waals surface area contributed by atoms with Crippen LogP contribution >= 0.6 is 0 Å². The minimum Gasteiger partial charge on any atom is -0.439 e. The van der Waals surface area contributed by atoms with Gasteiger partial charge in [-0.3, -0.25) is 0 Å². The van der Waals surface area contributed by atoms with Gasteiger partial charge in [0.15, 0.2) is 0 Å². The van der Waals surface area contributed by atoms with Crippen LogP contribution in [0.1, 0.15) is 24.1 Å². The van der Waals surface area contributed by atoms with E-state index in [-0.39, 0.29) is 11.9 Å². The molecule has 0 amide bonds. The Labute approximate surface area is 112 Å². The largest absolute Gasteiger partial charge is 0.439 e. The maximum Gasteiger partial charge on any atom is 0.219 e. The average molecular weight is 260 g/mol. The van der Waals surface area contributed by atoms with Crippen LogP contribution in [0.3, 0.4) is 0 Å². The number of ether oxygens (including phenoxy) is 1. The lowest BCUT2D eigenvalue weighted by Crippen LogP contribution is -2.12. The minimum absolute atomic E-state index is 0.222. The Balaban J connectivity index is 2.23. The van der Waals surface area contributed by atoms with Crippen LogP contribution < -0.4 is 10.1 Å². The maximum atomic E-state index is 13.0. The quantitative estimate of drug-likeness (QED) is 0.912. The molecular formula is C15H17FN2O. The molecule has 100 valence electrons. The van der Waals surface area contributed by atoms with Gasteiger partial charge in [0.2, 0.25) is 5.88 Å². The molecule has 1 aromatic carbocycles. The molecule has 0 spiro atoms. The summed E-state index contributed by atoms with van der Waals surface area (Å²) in [4.78, 5) is 4.17. The highest BCUT2D eigenvalue weighted by Gasteiger charge is 2.07. The van der Waals surface area contributed by atoms with E-state index in [1.54, 1.807) is 19.2 Å². The molecule has 1 unspecified atom stereocenters. The van der Waals surface area contributed by atoms with Crippen molar-refractivity contribution in [3.63, 3.8) is 0 Å². The third kappa shape index (κ3) is 3.29. The van der Waals surface area contributed by atoms with Crippen molar-refractivity contribution in [2.45, 2.75) is 19.9 Å². The summed E-state index contributed by atoms with van der Waals surface area (Å²) in [5.41, 5.74) is 1.83. The lowest BCUT2D eigenvalue weighted by atomic mass is 10.1. The summed E-state index contributed by atoms with van der Waals surface area (Å²) >= 11 is 0. The lowest BCUT2D eigenvalue weighted by molar-refractivity contribution is 0.455. The second-order valence-corrected chi connectivity index (χ2v) is 4.45. The van der Waals surface area contributed by atoms with E-state index in [0.717, 1.165) is 11.1 Å². The third-order valence-electron chi connectivity index (χ3n) is 3.04. The summed E-state index contributed by atoms with van der Waals surface area (Å²) in [5, 5.41) is 3.16. The molecule has 0 aliphatic carbocycles. The van der Waals surface area contributed by atoms with Gasteiger partial charge in [0.05, 0.1) is 0 Å². The molecule has 1 aromatic heterocycles. The van der Waals surface area contributed by atoms with Crippen LogP contribution in [0.2, 0.25) is 0 Å². The first-order valence-electron chi connectivity index (χ1n) is 6.17. The van der Waals surface area contributed by atoms with Gasteiger partial charge in [-0.25, -0.2) is 9.37 Å². The Morgan fingerprint density at radius 2 is 2.05 bits per heavy atom. The first-order valence-corrected chi connectivity index (χ1v) is 6.17. The fraction of sp³-hybridized carbons (Fsp3) is 0.267. The summed E-state index contributed by atoms with van der Waals surface area (Å²) in [5.74, 6) is 0.854. The van der Waals surface area contributed by atoms with Gasteiger partial charge < -0.3 is 10.1 Å². The molecule has 19 heavy (non-hydrogen) atoms. The van der Waals surface area contributed by atoms with Crippen LogP contribution in [-0.2, 0) is 0 Å². The van der Waals surface area contributed by atoms with Gasteiger partial charge in [-0.05, 0) is 56.3 Å². The topological polar surface area (TPSA) is 34.2 Å². The number of halogens is 1. The number of aromatic nitrogens is 1. The number of nitrogens with one attached hydrogen (secondary N) is 1. The maximum absolute atomic E-state index is 13.0. The van der Waals surface area contributed by atoms with Crippen LogP contribution in [0.4, 0.5) is 4.39 Å². The Morgan fingerprint density at radius 1 is 1.26 bits per heavy atom. The molecule has 2 rings (SSSR count). The van der Waals surface area contributed by atoms with E-state index in [9.17, 15) is 4.39 Å². The van der Waals surface area contributed by atoms with Crippen LogP contribution in [0.25, 0.3) is 0 Å². The van der Waals surface area contributed by atoms with Crippen LogP contribution in [-0.4, -0.2) is 12.0 Å². The Bertz CT molecular complexity index is 572. The van der Waals surface area contributed by atoms with E-state index in [1.165, 1.54) is 12.1 Å². The molecule has 0 saturated carbocycles. The van der Waals surface area contributed by atoms with E-state index in [4.69, 9.17) is 4.74 Å². The zero-order valence-corrected chi connectivity index (χ0v) is 11.3. The Kier molecular flexibility index (Phi) is 4.12. The summed E-state index contributed by atoms with van der Waals surface area (Å²) in [6.45, 7) is 3.86. The Morgan fingerprint density at radius 3 is 2.74 bits per heavy atom. The van der Waals surface area contributed by atoms with Crippen LogP contribution in [0.15, 0.2) is 36.5 Å². The summed E-state index contributed by atoms with van der Waals surface area (Å²) in [7, 11) is 1.90. The number of pyridine rings is 1. The summed E-state index contributed by atoms with van der Waals surface area (Å²) < 4.78 is 18.7. The van der Waals surface area contributed by atoms with Crippen molar-refractivity contribution in [1.82, 2.24) is 10.3 Å². The van der Waals surface area contributed by atoms with Crippen LogP contribution in [0.5, 0.6) is 11.6 Å². The predicted molar refractivity (Wildman–Crippen MR) is 72.9 cm³/mol. The normalized spacial score (nSPS) is 12.2. The van der Waals surface area contributed by atoms with Gasteiger partial charge in [0, 0.05) is 18.3 Å². The molecular weight excluding hydrogens is 243 g/mol. The molecule has 0 aliphatic rings. The highest BCUT2D eigenvalue weighted by Crippen LogP contribution is 2.25. The molecule has 0 bridgehead atoms. The average Bonchev–Trinajstić information content (AvgIpc) is 2.41. The van der Waals surface area contributed by atoms with E-state index < -0.39 is 0 Å². The van der Waals surface area contributed by atoms with Crippen molar-refractivity contribution < 1.29 is 9.13 Å². The molecule has 1 heterocycles. The SMILES string of the molecule is CNC(C)c1ccnc(Oc2ccc(F)cc2C)c1. The molecule has 2 aromatic rings.